The van der Waals surface area contributed by atoms with Gasteiger partial charge in [0.2, 0.25) is 0 Å². The summed E-state index contributed by atoms with van der Waals surface area (Å²) in [4.78, 5) is 10.2. The normalized spacial score (nSPS) is 11.1. The van der Waals surface area contributed by atoms with Crippen LogP contribution in [0.3, 0.4) is 0 Å². The van der Waals surface area contributed by atoms with Crippen LogP contribution in [0.2, 0.25) is 0 Å². The summed E-state index contributed by atoms with van der Waals surface area (Å²) in [7, 11) is 0. The number of rotatable bonds is 3. The van der Waals surface area contributed by atoms with E-state index < -0.39 is 0 Å². The molecule has 0 aliphatic rings. The van der Waals surface area contributed by atoms with E-state index in [1.165, 1.54) is 6.20 Å². The average Bonchev–Trinajstić information content (AvgIpc) is 2.20. The molecule has 0 radical (unpaired) electrons. The highest BCUT2D eigenvalue weighted by molar-refractivity contribution is 5.72. The van der Waals surface area contributed by atoms with Crippen molar-refractivity contribution in [2.75, 3.05) is 5.32 Å². The summed E-state index contributed by atoms with van der Waals surface area (Å²) < 4.78 is 13.3. The zero-order chi connectivity index (χ0) is 10.6. The lowest BCUT2D eigenvalue weighted by molar-refractivity contribution is -0.104. The van der Waals surface area contributed by atoms with Crippen LogP contribution in [0.15, 0.2) is 30.1 Å². The molecule has 0 heterocycles. The minimum absolute atomic E-state index is 0.0194. The quantitative estimate of drug-likeness (QED) is 0.567. The molecule has 0 aromatic heterocycles. The maximum absolute atomic E-state index is 13.3. The zero-order valence-electron chi connectivity index (χ0n) is 7.75. The van der Waals surface area contributed by atoms with E-state index in [4.69, 9.17) is 5.73 Å². The predicted octanol–water partition coefficient (Wildman–Crippen LogP) is 1.55. The Morgan fingerprint density at radius 2 is 2.29 bits per heavy atom. The fourth-order valence-corrected chi connectivity index (χ4v) is 0.954. The number of nitrogens with two attached hydrogens (primary N) is 1. The van der Waals surface area contributed by atoms with Gasteiger partial charge >= 0.3 is 0 Å². The number of allylic oxidation sites excluding steroid dienone is 1. The summed E-state index contributed by atoms with van der Waals surface area (Å²) in [6.45, 7) is 1.66. The van der Waals surface area contributed by atoms with E-state index in [0.29, 0.717) is 17.5 Å². The van der Waals surface area contributed by atoms with Crippen LogP contribution in [0.5, 0.6) is 0 Å². The lowest BCUT2D eigenvalue weighted by atomic mass is 10.2. The van der Waals surface area contributed by atoms with Gasteiger partial charge in [-0.3, -0.25) is 4.79 Å². The van der Waals surface area contributed by atoms with Gasteiger partial charge in [-0.25, -0.2) is 4.39 Å². The molecule has 0 bridgehead atoms. The minimum Gasteiger partial charge on any atom is -0.395 e. The van der Waals surface area contributed by atoms with Crippen LogP contribution in [0.25, 0.3) is 0 Å². The van der Waals surface area contributed by atoms with Crippen molar-refractivity contribution >= 4 is 12.0 Å². The number of aldehydes is 1. The van der Waals surface area contributed by atoms with Crippen LogP contribution < -0.4 is 11.1 Å². The largest absolute Gasteiger partial charge is 0.395 e. The molecule has 0 amide bonds. The Balaban J connectivity index is 2.87. The molecule has 1 rings (SSSR count). The summed E-state index contributed by atoms with van der Waals surface area (Å²) in [5, 5.41) is 2.61. The molecule has 0 atom stereocenters. The highest BCUT2D eigenvalue weighted by Gasteiger charge is 2.01. The highest BCUT2D eigenvalue weighted by atomic mass is 19.1. The molecule has 1 aromatic rings. The summed E-state index contributed by atoms with van der Waals surface area (Å²) >= 11 is 0. The molecular weight excluding hydrogens is 183 g/mol. The van der Waals surface area contributed by atoms with Crippen molar-refractivity contribution in [1.29, 1.82) is 0 Å². The van der Waals surface area contributed by atoms with Crippen LogP contribution in [0.1, 0.15) is 5.56 Å². The van der Waals surface area contributed by atoms with Crippen molar-refractivity contribution in [1.82, 2.24) is 0 Å². The summed E-state index contributed by atoms with van der Waals surface area (Å²) in [6, 6.07) is 4.94. The van der Waals surface area contributed by atoms with Crippen LogP contribution in [0, 0.1) is 12.7 Å². The molecule has 0 unspecified atom stereocenters. The molecule has 1 aromatic carbocycles. The van der Waals surface area contributed by atoms with Gasteiger partial charge in [0, 0.05) is 6.20 Å². The first kappa shape index (κ1) is 10.2. The fourth-order valence-electron chi connectivity index (χ4n) is 0.954. The van der Waals surface area contributed by atoms with Crippen LogP contribution in [-0.4, -0.2) is 6.29 Å². The summed E-state index contributed by atoms with van der Waals surface area (Å²) in [6.07, 6.45) is 1.74. The van der Waals surface area contributed by atoms with Crippen molar-refractivity contribution in [2.45, 2.75) is 6.92 Å². The summed E-state index contributed by atoms with van der Waals surface area (Å²) in [5.41, 5.74) is 6.07. The van der Waals surface area contributed by atoms with Gasteiger partial charge in [0.1, 0.15) is 5.82 Å². The number of halogens is 1. The van der Waals surface area contributed by atoms with Crippen LogP contribution in [0.4, 0.5) is 10.1 Å². The van der Waals surface area contributed by atoms with E-state index in [9.17, 15) is 9.18 Å². The number of carbonyl (C=O) groups excluding carboxylic acids is 1. The summed E-state index contributed by atoms with van der Waals surface area (Å²) in [5.74, 6) is -0.345. The number of hydrogen-bond acceptors (Lipinski definition) is 3. The Labute approximate surface area is 81.4 Å². The van der Waals surface area contributed by atoms with E-state index in [1.54, 1.807) is 25.1 Å². The van der Waals surface area contributed by atoms with E-state index in [-0.39, 0.29) is 11.5 Å². The minimum atomic E-state index is -0.345. The molecule has 0 saturated carbocycles. The SMILES string of the molecule is Cc1cccc(N/C=C(\N)C=O)c1F. The molecule has 0 saturated heterocycles. The van der Waals surface area contributed by atoms with Gasteiger partial charge in [-0.2, -0.15) is 0 Å². The number of aryl methyl sites for hydroxylation is 1. The monoisotopic (exact) mass is 194 g/mol. The van der Waals surface area contributed by atoms with Gasteiger partial charge in [-0.1, -0.05) is 12.1 Å². The second kappa shape index (κ2) is 4.41. The molecular formula is C10H11FN2O. The number of nitrogens with one attached hydrogen (secondary N) is 1. The number of anilines is 1. The lowest BCUT2D eigenvalue weighted by Crippen LogP contribution is -2.03. The second-order valence-corrected chi connectivity index (χ2v) is 2.84. The Hall–Kier alpha value is -1.84. The number of hydrogen-bond donors (Lipinski definition) is 2. The molecule has 3 nitrogen and oxygen atoms in total. The van der Waals surface area contributed by atoms with E-state index in [2.05, 4.69) is 5.32 Å². The Bertz CT molecular complexity index is 374. The standard InChI is InChI=1S/C10H11FN2O/c1-7-3-2-4-9(10(7)11)13-5-8(12)6-14/h2-6,13H,12H2,1H3/b8-5-. The van der Waals surface area contributed by atoms with Gasteiger partial charge < -0.3 is 11.1 Å². The Kier molecular flexibility index (Phi) is 3.23. The maximum Gasteiger partial charge on any atom is 0.167 e. The average molecular weight is 194 g/mol. The molecule has 4 heteroatoms. The van der Waals surface area contributed by atoms with Gasteiger partial charge in [-0.15, -0.1) is 0 Å². The third kappa shape index (κ3) is 2.32. The molecule has 0 fully saturated rings. The van der Waals surface area contributed by atoms with Crippen molar-refractivity contribution in [3.05, 3.63) is 41.5 Å². The van der Waals surface area contributed by atoms with Crippen LogP contribution >= 0.6 is 0 Å². The predicted molar refractivity (Wildman–Crippen MR) is 53.1 cm³/mol. The fraction of sp³-hybridized carbons (Fsp3) is 0.100. The topological polar surface area (TPSA) is 55.1 Å². The van der Waals surface area contributed by atoms with Gasteiger partial charge in [0.25, 0.3) is 0 Å². The van der Waals surface area contributed by atoms with E-state index in [0.717, 1.165) is 0 Å². The van der Waals surface area contributed by atoms with Crippen LogP contribution in [-0.2, 0) is 4.79 Å². The molecule has 3 N–H and O–H groups in total. The van der Waals surface area contributed by atoms with Crippen molar-refractivity contribution < 1.29 is 9.18 Å². The highest BCUT2D eigenvalue weighted by Crippen LogP contribution is 2.16. The van der Waals surface area contributed by atoms with Gasteiger partial charge in [0.05, 0.1) is 11.4 Å². The Morgan fingerprint density at radius 3 is 2.93 bits per heavy atom. The van der Waals surface area contributed by atoms with E-state index >= 15 is 0 Å². The molecule has 0 spiro atoms. The maximum atomic E-state index is 13.3. The number of benzene rings is 1. The first-order valence-electron chi connectivity index (χ1n) is 4.07. The van der Waals surface area contributed by atoms with Crippen molar-refractivity contribution in [3.8, 4) is 0 Å². The van der Waals surface area contributed by atoms with Crippen molar-refractivity contribution in [3.63, 3.8) is 0 Å². The second-order valence-electron chi connectivity index (χ2n) is 2.84. The first-order valence-corrected chi connectivity index (χ1v) is 4.07. The zero-order valence-corrected chi connectivity index (χ0v) is 7.75. The third-order valence-electron chi connectivity index (χ3n) is 1.72. The smallest absolute Gasteiger partial charge is 0.167 e. The van der Waals surface area contributed by atoms with Crippen molar-refractivity contribution in [2.24, 2.45) is 5.73 Å². The van der Waals surface area contributed by atoms with Gasteiger partial charge in [0.15, 0.2) is 6.29 Å². The third-order valence-corrected chi connectivity index (χ3v) is 1.72. The Morgan fingerprint density at radius 1 is 1.57 bits per heavy atom. The molecule has 74 valence electrons. The molecule has 14 heavy (non-hydrogen) atoms. The lowest BCUT2D eigenvalue weighted by Gasteiger charge is -2.04. The first-order chi connectivity index (χ1) is 6.65. The van der Waals surface area contributed by atoms with E-state index in [1.807, 2.05) is 0 Å². The molecule has 0 aliphatic heterocycles. The number of carbonyl (C=O) groups is 1. The van der Waals surface area contributed by atoms with Gasteiger partial charge in [-0.05, 0) is 18.6 Å². The molecule has 0 aliphatic carbocycles.